The zero-order chi connectivity index (χ0) is 8.95. The van der Waals surface area contributed by atoms with Gasteiger partial charge in [-0.1, -0.05) is 45.6 Å². The third-order valence-corrected chi connectivity index (χ3v) is 1.05. The van der Waals surface area contributed by atoms with E-state index in [4.69, 9.17) is 7.85 Å². The molecule has 11 heavy (non-hydrogen) atoms. The highest BCUT2D eigenvalue weighted by molar-refractivity contribution is 7.07. The van der Waals surface area contributed by atoms with E-state index in [0.29, 0.717) is 0 Å². The van der Waals surface area contributed by atoms with Crippen molar-refractivity contribution >= 4 is 19.2 Å². The van der Waals surface area contributed by atoms with Crippen LogP contribution >= 0.6 is 11.3 Å². The molecule has 1 rings (SSSR count). The topological polar surface area (TPSA) is 0 Å². The van der Waals surface area contributed by atoms with Crippen LogP contribution in [0.15, 0.2) is 22.9 Å². The third-order valence-electron chi connectivity index (χ3n) is 0.425. The van der Waals surface area contributed by atoms with E-state index < -0.39 is 0 Å². The Hall–Kier alpha value is -0.235. The smallest absolute Gasteiger partial charge is 0.0649 e. The molecule has 0 N–H and O–H groups in total. The molecule has 0 aromatic carbocycles. The van der Waals surface area contributed by atoms with E-state index in [1.165, 1.54) is 6.42 Å². The van der Waals surface area contributed by atoms with E-state index in [-0.39, 0.29) is 0 Å². The summed E-state index contributed by atoms with van der Waals surface area (Å²) in [6, 6.07) is 4.04. The molecule has 1 aromatic heterocycles. The molecule has 0 aliphatic heterocycles. The lowest BCUT2D eigenvalue weighted by Crippen LogP contribution is -1.41. The molecule has 0 unspecified atom stereocenters. The van der Waals surface area contributed by atoms with Gasteiger partial charge >= 0.3 is 0 Å². The molecule has 0 nitrogen and oxygen atoms in total. The van der Waals surface area contributed by atoms with Crippen molar-refractivity contribution in [2.75, 3.05) is 0 Å². The third kappa shape index (κ3) is 25.9. The fourth-order valence-corrected chi connectivity index (χ4v) is 0.680. The van der Waals surface area contributed by atoms with Crippen molar-refractivity contribution in [3.63, 3.8) is 0 Å². The molecule has 62 valence electrons. The molecular weight excluding hydrogens is 151 g/mol. The second-order valence-corrected chi connectivity index (χ2v) is 2.73. The number of rotatable bonds is 0. The number of hydrogen-bond donors (Lipinski definition) is 0. The lowest BCUT2D eigenvalue weighted by atomic mass is 10.1. The quantitative estimate of drug-likeness (QED) is 0.517. The summed E-state index contributed by atoms with van der Waals surface area (Å²) in [5, 5.41) is 4.08. The predicted molar refractivity (Wildman–Crippen MR) is 56.5 cm³/mol. The molecule has 0 saturated heterocycles. The average Bonchev–Trinajstić information content (AvgIpc) is 2.44. The Balaban J connectivity index is 0. The first-order valence-electron chi connectivity index (χ1n) is 4.00. The van der Waals surface area contributed by atoms with Crippen LogP contribution in [0.5, 0.6) is 0 Å². The number of hydrogen-bond acceptors (Lipinski definition) is 1. The summed E-state index contributed by atoms with van der Waals surface area (Å²) < 4.78 is 0. The minimum atomic E-state index is 0.750. The highest BCUT2D eigenvalue weighted by Gasteiger charge is 1.58. The predicted octanol–water partition coefficient (Wildman–Crippen LogP) is 3.76. The largest absolute Gasteiger partial charge is 0.152 e. The molecule has 0 saturated carbocycles. The Morgan fingerprint density at radius 3 is 1.45 bits per heavy atom. The Bertz CT molecular complexity index is 85.1. The van der Waals surface area contributed by atoms with Gasteiger partial charge in [-0.25, -0.2) is 0 Å². The van der Waals surface area contributed by atoms with Crippen molar-refractivity contribution in [2.24, 2.45) is 0 Å². The van der Waals surface area contributed by atoms with E-state index in [0.717, 1.165) is 6.32 Å². The maximum Gasteiger partial charge on any atom is 0.0649 e. The zero-order valence-corrected chi connectivity index (χ0v) is 8.53. The minimum Gasteiger partial charge on any atom is -0.152 e. The molecule has 0 spiro atoms. The van der Waals surface area contributed by atoms with Gasteiger partial charge in [0.05, 0.1) is 7.85 Å². The average molecular weight is 168 g/mol. The maximum atomic E-state index is 4.85. The second-order valence-electron chi connectivity index (χ2n) is 1.91. The van der Waals surface area contributed by atoms with Crippen molar-refractivity contribution < 1.29 is 0 Å². The minimum absolute atomic E-state index is 0.750. The van der Waals surface area contributed by atoms with Gasteiger partial charge in [-0.05, 0) is 10.8 Å². The van der Waals surface area contributed by atoms with Crippen LogP contribution in [-0.4, -0.2) is 7.85 Å². The van der Waals surface area contributed by atoms with Crippen molar-refractivity contribution in [3.8, 4) is 0 Å². The molecule has 2 heteroatoms. The maximum absolute atomic E-state index is 4.85. The molecule has 1 aromatic rings. The van der Waals surface area contributed by atoms with Crippen LogP contribution in [0.1, 0.15) is 27.2 Å². The summed E-state index contributed by atoms with van der Waals surface area (Å²) in [5.74, 6) is 0. The molecule has 0 amide bonds. The van der Waals surface area contributed by atoms with Crippen molar-refractivity contribution in [1.82, 2.24) is 0 Å². The standard InChI is InChI=1S/C4H4S.C3H8.C2H5B/c1-2-4-5-3-1;1-3-2;1-2-3/h1-4H;3H2,1-2H3;2H2,1H3. The first-order chi connectivity index (χ1) is 5.33. The van der Waals surface area contributed by atoms with Gasteiger partial charge in [-0.2, -0.15) is 11.3 Å². The van der Waals surface area contributed by atoms with Crippen LogP contribution in [0.2, 0.25) is 6.32 Å². The van der Waals surface area contributed by atoms with Crippen LogP contribution in [0.3, 0.4) is 0 Å². The molecule has 2 radical (unpaired) electrons. The fraction of sp³-hybridized carbons (Fsp3) is 0.556. The van der Waals surface area contributed by atoms with Gasteiger partial charge < -0.3 is 0 Å². The molecule has 0 aliphatic carbocycles. The van der Waals surface area contributed by atoms with Crippen LogP contribution < -0.4 is 0 Å². The van der Waals surface area contributed by atoms with E-state index in [1.54, 1.807) is 11.3 Å². The van der Waals surface area contributed by atoms with Gasteiger partial charge in [0.25, 0.3) is 0 Å². The highest BCUT2D eigenvalue weighted by Crippen LogP contribution is 1.91. The number of thiophene rings is 1. The van der Waals surface area contributed by atoms with E-state index in [1.807, 2.05) is 29.8 Å². The van der Waals surface area contributed by atoms with Gasteiger partial charge in [-0.3, -0.25) is 0 Å². The van der Waals surface area contributed by atoms with Crippen molar-refractivity contribution in [2.45, 2.75) is 33.5 Å². The summed E-state index contributed by atoms with van der Waals surface area (Å²) >= 11 is 1.71. The summed E-state index contributed by atoms with van der Waals surface area (Å²) in [6.45, 7) is 6.15. The van der Waals surface area contributed by atoms with Gasteiger partial charge in [0, 0.05) is 0 Å². The van der Waals surface area contributed by atoms with Crippen molar-refractivity contribution in [1.29, 1.82) is 0 Å². The highest BCUT2D eigenvalue weighted by atomic mass is 32.1. The molecule has 0 fully saturated rings. The Kier molecular flexibility index (Phi) is 19.9. The van der Waals surface area contributed by atoms with Gasteiger partial charge in [-0.15, -0.1) is 0 Å². The van der Waals surface area contributed by atoms with Crippen LogP contribution in [0, 0.1) is 0 Å². The van der Waals surface area contributed by atoms with Crippen LogP contribution in [-0.2, 0) is 0 Å². The van der Waals surface area contributed by atoms with E-state index in [2.05, 4.69) is 13.8 Å². The Morgan fingerprint density at radius 2 is 1.36 bits per heavy atom. The van der Waals surface area contributed by atoms with E-state index >= 15 is 0 Å². The molecule has 0 bridgehead atoms. The Morgan fingerprint density at radius 1 is 1.09 bits per heavy atom. The molecule has 0 aliphatic rings. The lowest BCUT2D eigenvalue weighted by molar-refractivity contribution is 1.09. The van der Waals surface area contributed by atoms with Gasteiger partial charge in [0.1, 0.15) is 0 Å². The molecular formula is C9H17BS. The molecule has 1 heterocycles. The van der Waals surface area contributed by atoms with Gasteiger partial charge in [0.2, 0.25) is 0 Å². The summed E-state index contributed by atoms with van der Waals surface area (Å²) in [5.41, 5.74) is 0. The second kappa shape index (κ2) is 16.4. The van der Waals surface area contributed by atoms with Gasteiger partial charge in [0.15, 0.2) is 0 Å². The monoisotopic (exact) mass is 168 g/mol. The summed E-state index contributed by atoms with van der Waals surface area (Å²) in [4.78, 5) is 0. The summed E-state index contributed by atoms with van der Waals surface area (Å²) in [7, 11) is 4.85. The lowest BCUT2D eigenvalue weighted by Gasteiger charge is -1.48. The van der Waals surface area contributed by atoms with E-state index in [9.17, 15) is 0 Å². The zero-order valence-electron chi connectivity index (χ0n) is 7.71. The van der Waals surface area contributed by atoms with Crippen molar-refractivity contribution in [3.05, 3.63) is 22.9 Å². The first-order valence-corrected chi connectivity index (χ1v) is 4.94. The SMILES string of the molecule is CCC.[B]CC.c1ccsc1. The van der Waals surface area contributed by atoms with Crippen LogP contribution in [0.4, 0.5) is 0 Å². The normalized spacial score (nSPS) is 6.82. The molecule has 0 atom stereocenters. The summed E-state index contributed by atoms with van der Waals surface area (Å²) in [6.07, 6.45) is 2.00. The van der Waals surface area contributed by atoms with Crippen LogP contribution in [0.25, 0.3) is 0 Å². The fourth-order valence-electron chi connectivity index (χ4n) is 0.227. The first kappa shape index (κ1) is 13.4. The Labute approximate surface area is 76.1 Å².